The van der Waals surface area contributed by atoms with Gasteiger partial charge in [-0.2, -0.15) is 25.3 Å². The van der Waals surface area contributed by atoms with Crippen molar-refractivity contribution in [2.24, 2.45) is 46.6 Å². The van der Waals surface area contributed by atoms with Crippen LogP contribution in [0.5, 0.6) is 0 Å². The fourth-order valence-corrected chi connectivity index (χ4v) is 10.6. The van der Waals surface area contributed by atoms with Crippen molar-refractivity contribution in [1.82, 2.24) is 72.3 Å². The maximum atomic E-state index is 14.7. The van der Waals surface area contributed by atoms with Crippen LogP contribution in [0, 0.1) is 5.92 Å². The molecule has 97 heavy (non-hydrogen) atoms. The fraction of sp³-hybridized carbons (Fsp3) is 0.459. The Morgan fingerprint density at radius 1 is 0.619 bits per heavy atom. The topological polar surface area (TPSA) is 546 Å². The van der Waals surface area contributed by atoms with Gasteiger partial charge < -0.3 is 101 Å². The van der Waals surface area contributed by atoms with Crippen LogP contribution in [0.15, 0.2) is 78.4 Å². The Bertz CT molecular complexity index is 3670. The molecule has 5 aromatic rings. The lowest BCUT2D eigenvalue weighted by Gasteiger charge is -2.28. The molecule has 3 heterocycles. The van der Waals surface area contributed by atoms with Crippen molar-refractivity contribution in [3.8, 4) is 0 Å². The Hall–Kier alpha value is -10.2. The average Bonchev–Trinajstić information content (AvgIpc) is 1.69. The van der Waals surface area contributed by atoms with Crippen molar-refractivity contribution in [3.05, 3.63) is 90.3 Å². The van der Waals surface area contributed by atoms with E-state index in [9.17, 15) is 67.4 Å². The first-order chi connectivity index (χ1) is 45.9. The summed E-state index contributed by atoms with van der Waals surface area (Å²) in [5, 5.41) is 33.6. The number of likely N-dealkylation sites (N-methyl/N-ethyl adjacent to an activating group) is 1. The number of aromatic amines is 2. The maximum absolute atomic E-state index is 14.7. The number of nitrogens with zero attached hydrogens (tertiary/aromatic N) is 4. The highest BCUT2D eigenvalue weighted by Crippen LogP contribution is 2.23. The first kappa shape index (κ1) is 77.5. The lowest BCUT2D eigenvalue weighted by molar-refractivity contribution is -0.141. The van der Waals surface area contributed by atoms with E-state index in [1.807, 2.05) is 12.1 Å². The highest BCUT2D eigenvalue weighted by atomic mass is 32.1. The molecule has 2 aromatic carbocycles. The number of aliphatic carboxylic acids is 1. The molecule has 0 unspecified atom stereocenters. The van der Waals surface area contributed by atoms with Gasteiger partial charge in [0.15, 0.2) is 5.96 Å². The molecule has 5 rings (SSSR count). The van der Waals surface area contributed by atoms with Gasteiger partial charge in [-0.3, -0.25) is 62.5 Å². The molecule has 0 aliphatic heterocycles. The molecule has 12 amide bonds. The highest BCUT2D eigenvalue weighted by molar-refractivity contribution is 7.80. The number of nitrogens with two attached hydrogens (primary N) is 5. The van der Waals surface area contributed by atoms with Crippen LogP contribution in [0.1, 0.15) is 69.7 Å². The molecule has 0 aliphatic rings. The maximum Gasteiger partial charge on any atom is 0.327 e. The van der Waals surface area contributed by atoms with E-state index in [0.717, 1.165) is 10.4 Å². The van der Waals surface area contributed by atoms with Gasteiger partial charge in [0, 0.05) is 104 Å². The predicted molar refractivity (Wildman–Crippen MR) is 362 cm³/mol. The molecule has 526 valence electrons. The standard InChI is InChI=1S/C61H86N20O14S2/c1-30(2)50(79-52(86)37(62)27-96)58(92)76-41(20-33-25-80(4)46-15-9-7-12-36(33)46)55(89)73-40(16-17-47(63)82)54(88)75-43(22-48(64)83)57(91)77-44(19-32-23-69-38-13-8-6-11-35(32)38)59(93)81(5)26-49(84)71-31(3)51(85)74-42(21-34-24-67-29-70-34)56(90)72-39(14-10-18-68-61(65)66)53(87)78-45(28-97)60(94)95/h6-9,11-13,15,23-25,29-31,37,39-45,50,69,96-97H,10,14,16-22,26-28,62H2,1-5H3,(H2,63,82)(H2,64,83)(H,67,70)(H,71,84)(H,72,90)(H,73,89)(H,74,85)(H,75,88)(H,76,92)(H,77,91)(H,78,87)(H,79,86)(H,94,95)(H4,65,66,68)/t31-,37-,39-,40-,41-,42-,43-,44-,45-,50-/m0/s1. The number of benzene rings is 2. The van der Waals surface area contributed by atoms with Crippen molar-refractivity contribution in [3.63, 3.8) is 0 Å². The number of aliphatic imine (C=N–C) groups is 1. The number of carboxylic acids is 1. The minimum Gasteiger partial charge on any atom is -0.480 e. The van der Waals surface area contributed by atoms with Gasteiger partial charge >= 0.3 is 5.97 Å². The average molecular weight is 1390 g/mol. The zero-order valence-corrected chi connectivity index (χ0v) is 55.9. The van der Waals surface area contributed by atoms with E-state index in [2.05, 4.69) is 93.1 Å². The van der Waals surface area contributed by atoms with E-state index in [-0.39, 0.29) is 56.1 Å². The Balaban J connectivity index is 1.37. The van der Waals surface area contributed by atoms with Gasteiger partial charge in [0.1, 0.15) is 54.4 Å². The summed E-state index contributed by atoms with van der Waals surface area (Å²) < 4.78 is 1.80. The summed E-state index contributed by atoms with van der Waals surface area (Å²) in [5.41, 5.74) is 30.8. The minimum atomic E-state index is -1.88. The van der Waals surface area contributed by atoms with Crippen LogP contribution in [-0.4, -0.2) is 204 Å². The fourth-order valence-electron chi connectivity index (χ4n) is 10.2. The van der Waals surface area contributed by atoms with Crippen LogP contribution in [0.2, 0.25) is 0 Å². The second-order valence-electron chi connectivity index (χ2n) is 23.4. The first-order valence-electron chi connectivity index (χ1n) is 30.8. The quantitative estimate of drug-likeness (QED) is 0.00762. The van der Waals surface area contributed by atoms with Gasteiger partial charge in [-0.05, 0) is 55.4 Å². The molecular formula is C61H86N20O14S2. The van der Waals surface area contributed by atoms with E-state index in [1.54, 1.807) is 74.3 Å². The summed E-state index contributed by atoms with van der Waals surface area (Å²) >= 11 is 8.07. The number of carbonyl (C=O) groups is 13. The molecule has 36 heteroatoms. The van der Waals surface area contributed by atoms with Crippen molar-refractivity contribution in [2.45, 2.75) is 133 Å². The van der Waals surface area contributed by atoms with E-state index < -0.39 is 169 Å². The van der Waals surface area contributed by atoms with Gasteiger partial charge in [-0.1, -0.05) is 50.2 Å². The van der Waals surface area contributed by atoms with E-state index >= 15 is 0 Å². The van der Waals surface area contributed by atoms with E-state index in [0.29, 0.717) is 33.1 Å². The third-order valence-electron chi connectivity index (χ3n) is 15.4. The van der Waals surface area contributed by atoms with Crippen molar-refractivity contribution < 1.29 is 67.4 Å². The summed E-state index contributed by atoms with van der Waals surface area (Å²) in [6.07, 6.45) is 3.52. The normalized spacial score (nSPS) is 14.3. The summed E-state index contributed by atoms with van der Waals surface area (Å²) in [6.45, 7) is 3.86. The van der Waals surface area contributed by atoms with E-state index in [1.165, 1.54) is 26.5 Å². The van der Waals surface area contributed by atoms with Crippen molar-refractivity contribution >= 4 is 130 Å². The Morgan fingerprint density at radius 2 is 1.18 bits per heavy atom. The number of carboxylic acid groups (broad SMARTS) is 1. The Kier molecular flexibility index (Phi) is 29.7. The summed E-state index contributed by atoms with van der Waals surface area (Å²) in [5.74, 6) is -13.8. The smallest absolute Gasteiger partial charge is 0.327 e. The molecule has 0 fully saturated rings. The van der Waals surface area contributed by atoms with Crippen LogP contribution in [-0.2, 0) is 88.6 Å². The molecule has 0 aliphatic carbocycles. The number of para-hydroxylation sites is 2. The van der Waals surface area contributed by atoms with Crippen LogP contribution >= 0.6 is 25.3 Å². The zero-order valence-electron chi connectivity index (χ0n) is 54.1. The number of fused-ring (bicyclic) bond motifs is 2. The molecule has 3 aromatic heterocycles. The number of primary amides is 2. The number of amides is 12. The molecule has 0 bridgehead atoms. The molecule has 0 spiro atoms. The summed E-state index contributed by atoms with van der Waals surface area (Å²) in [7, 11) is 2.99. The van der Waals surface area contributed by atoms with Crippen LogP contribution in [0.25, 0.3) is 21.8 Å². The zero-order chi connectivity index (χ0) is 71.8. The number of thiol groups is 2. The summed E-state index contributed by atoms with van der Waals surface area (Å²) in [4.78, 5) is 192. The predicted octanol–water partition coefficient (Wildman–Crippen LogP) is -4.63. The molecule has 10 atom stereocenters. The van der Waals surface area contributed by atoms with Crippen molar-refractivity contribution in [2.75, 3.05) is 31.6 Å². The molecule has 0 saturated heterocycles. The lowest BCUT2D eigenvalue weighted by Crippen LogP contribution is -2.61. The number of aryl methyl sites for hydroxylation is 1. The molecule has 0 radical (unpaired) electrons. The van der Waals surface area contributed by atoms with E-state index in [4.69, 9.17) is 28.7 Å². The number of nitrogens with one attached hydrogen (secondary N) is 11. The molecule has 0 saturated carbocycles. The minimum absolute atomic E-state index is 0.0355. The second-order valence-corrected chi connectivity index (χ2v) is 24.1. The summed E-state index contributed by atoms with van der Waals surface area (Å²) in [6, 6.07) is -0.419. The van der Waals surface area contributed by atoms with Gasteiger partial charge in [-0.15, -0.1) is 0 Å². The third kappa shape index (κ3) is 23.6. The van der Waals surface area contributed by atoms with Crippen LogP contribution in [0.3, 0.4) is 0 Å². The van der Waals surface area contributed by atoms with Crippen molar-refractivity contribution in [1.29, 1.82) is 0 Å². The van der Waals surface area contributed by atoms with Crippen LogP contribution < -0.4 is 76.5 Å². The number of guanidine groups is 1. The Morgan fingerprint density at radius 3 is 1.77 bits per heavy atom. The molecule has 34 nitrogen and oxygen atoms in total. The van der Waals surface area contributed by atoms with Gasteiger partial charge in [0.2, 0.25) is 70.9 Å². The number of aromatic nitrogens is 4. The molecular weight excluding hydrogens is 1300 g/mol. The van der Waals surface area contributed by atoms with Gasteiger partial charge in [-0.25, -0.2) is 9.78 Å². The number of imidazole rings is 1. The first-order valence-corrected chi connectivity index (χ1v) is 32.0. The second kappa shape index (κ2) is 37.2. The third-order valence-corrected chi connectivity index (χ3v) is 16.2. The van der Waals surface area contributed by atoms with Gasteiger partial charge in [0.05, 0.1) is 25.3 Å². The Labute approximate surface area is 568 Å². The van der Waals surface area contributed by atoms with Gasteiger partial charge in [0.25, 0.3) is 0 Å². The van der Waals surface area contributed by atoms with Crippen LogP contribution in [0.4, 0.5) is 0 Å². The number of carbonyl (C=O) groups excluding carboxylic acids is 12. The number of H-pyrrole nitrogens is 2. The number of rotatable bonds is 39. The largest absolute Gasteiger partial charge is 0.480 e. The number of hydrogen-bond donors (Lipinski definition) is 19. The lowest BCUT2D eigenvalue weighted by atomic mass is 9.99. The highest BCUT2D eigenvalue weighted by Gasteiger charge is 2.37. The number of hydrogen-bond acceptors (Lipinski definition) is 18. The monoisotopic (exact) mass is 1390 g/mol. The SMILES string of the molecule is CC(C)[C@H](NC(=O)[C@@H](N)CS)C(=O)N[C@@H](Cc1cn(C)c2ccccc12)C(=O)N[C@@H](CCC(N)=O)C(=O)N[C@@H](CC(N)=O)C(=O)N[C@@H](Cc1c[nH]c2ccccc12)C(=O)N(C)CC(=O)N[C@@H](C)C(=O)N[C@@H](Cc1cnc[nH]1)C(=O)N[C@@H](CCCN=C(N)N)C(=O)N[C@@H](CS)C(=O)O. The molecule has 22 N–H and O–H groups in total.